The number of carbonyl (C=O) groups excluding carboxylic acids is 2. The van der Waals surface area contributed by atoms with Crippen LogP contribution in [0.2, 0.25) is 0 Å². The highest BCUT2D eigenvalue weighted by Crippen LogP contribution is 2.24. The quantitative estimate of drug-likeness (QED) is 0.843. The highest BCUT2D eigenvalue weighted by Gasteiger charge is 2.10. The third kappa shape index (κ3) is 5.34. The van der Waals surface area contributed by atoms with Crippen molar-refractivity contribution in [3.8, 4) is 11.5 Å². The highest BCUT2D eigenvalue weighted by molar-refractivity contribution is 5.89. The first kappa shape index (κ1) is 18.5. The number of nitrogens with zero attached hydrogens (tertiary/aromatic N) is 2. The van der Waals surface area contributed by atoms with E-state index in [1.165, 1.54) is 4.90 Å². The summed E-state index contributed by atoms with van der Waals surface area (Å²) >= 11 is 0. The second-order valence-electron chi connectivity index (χ2n) is 6.22. The molecular formula is C18H24N4O3. The number of aromatic nitrogens is 1. The molecule has 0 spiro atoms. The summed E-state index contributed by atoms with van der Waals surface area (Å²) in [5.74, 6) is 1.65. The summed E-state index contributed by atoms with van der Waals surface area (Å²) in [5.41, 5.74) is 1.49. The number of rotatable bonds is 6. The van der Waals surface area contributed by atoms with Crippen molar-refractivity contribution >= 4 is 17.6 Å². The van der Waals surface area contributed by atoms with Gasteiger partial charge in [-0.3, -0.25) is 4.79 Å². The molecular weight excluding hydrogens is 320 g/mol. The zero-order chi connectivity index (χ0) is 18.4. The second kappa shape index (κ2) is 8.32. The van der Waals surface area contributed by atoms with Gasteiger partial charge in [0.1, 0.15) is 5.76 Å². The molecule has 0 atom stereocenters. The maximum Gasteiger partial charge on any atom is 0.319 e. The number of anilines is 1. The molecule has 0 saturated carbocycles. The van der Waals surface area contributed by atoms with Crippen LogP contribution >= 0.6 is 0 Å². The molecule has 0 fully saturated rings. The molecule has 2 N–H and O–H groups in total. The summed E-state index contributed by atoms with van der Waals surface area (Å²) in [6, 6.07) is 6.87. The monoisotopic (exact) mass is 344 g/mol. The summed E-state index contributed by atoms with van der Waals surface area (Å²) in [7, 11) is 3.36. The molecule has 1 heterocycles. The first-order valence-corrected chi connectivity index (χ1v) is 8.18. The first-order chi connectivity index (χ1) is 11.9. The van der Waals surface area contributed by atoms with E-state index in [1.54, 1.807) is 32.4 Å². The van der Waals surface area contributed by atoms with Gasteiger partial charge in [0.05, 0.1) is 6.20 Å². The van der Waals surface area contributed by atoms with E-state index in [0.29, 0.717) is 11.6 Å². The Morgan fingerprint density at radius 2 is 1.88 bits per heavy atom. The van der Waals surface area contributed by atoms with Crippen LogP contribution in [-0.2, 0) is 4.79 Å². The van der Waals surface area contributed by atoms with E-state index in [-0.39, 0.29) is 30.8 Å². The van der Waals surface area contributed by atoms with Crippen molar-refractivity contribution in [3.05, 3.63) is 36.2 Å². The van der Waals surface area contributed by atoms with Crippen LogP contribution in [0.1, 0.15) is 31.9 Å². The average Bonchev–Trinajstić information content (AvgIpc) is 3.05. The van der Waals surface area contributed by atoms with Crippen molar-refractivity contribution in [1.82, 2.24) is 15.2 Å². The van der Waals surface area contributed by atoms with Gasteiger partial charge in [-0.1, -0.05) is 13.8 Å². The van der Waals surface area contributed by atoms with Gasteiger partial charge in [0.15, 0.2) is 0 Å². The van der Waals surface area contributed by atoms with E-state index in [0.717, 1.165) is 11.3 Å². The predicted octanol–water partition coefficient (Wildman–Crippen LogP) is 3.06. The Balaban J connectivity index is 1.87. The number of amides is 3. The zero-order valence-corrected chi connectivity index (χ0v) is 15.0. The summed E-state index contributed by atoms with van der Waals surface area (Å²) in [6.45, 7) is 4.37. The van der Waals surface area contributed by atoms with Crippen LogP contribution in [0.25, 0.3) is 11.5 Å². The Labute approximate surface area is 147 Å². The standard InChI is InChI=1S/C18H24N4O3/c1-12(2)15-11-20-17(25-15)13-5-7-14(8-6-13)21-18(24)19-10-9-16(23)22(3)4/h5-8,11-12H,9-10H2,1-4H3,(H2,19,21,24). The molecule has 0 aliphatic rings. The highest BCUT2D eigenvalue weighted by atomic mass is 16.4. The smallest absolute Gasteiger partial charge is 0.319 e. The number of oxazole rings is 1. The molecule has 3 amide bonds. The third-order valence-corrected chi connectivity index (χ3v) is 3.61. The normalized spacial score (nSPS) is 10.6. The van der Waals surface area contributed by atoms with Crippen molar-refractivity contribution in [2.45, 2.75) is 26.2 Å². The number of carbonyl (C=O) groups is 2. The van der Waals surface area contributed by atoms with Gasteiger partial charge >= 0.3 is 6.03 Å². The summed E-state index contributed by atoms with van der Waals surface area (Å²) in [5, 5.41) is 5.37. The lowest BCUT2D eigenvalue weighted by Crippen LogP contribution is -2.33. The Kier molecular flexibility index (Phi) is 6.16. The lowest BCUT2D eigenvalue weighted by atomic mass is 10.2. The van der Waals surface area contributed by atoms with Crippen molar-refractivity contribution in [2.75, 3.05) is 26.0 Å². The molecule has 25 heavy (non-hydrogen) atoms. The van der Waals surface area contributed by atoms with E-state index < -0.39 is 0 Å². The molecule has 7 heteroatoms. The van der Waals surface area contributed by atoms with Crippen LogP contribution in [0.3, 0.4) is 0 Å². The Hall–Kier alpha value is -2.83. The van der Waals surface area contributed by atoms with Crippen molar-refractivity contribution < 1.29 is 14.0 Å². The minimum Gasteiger partial charge on any atom is -0.441 e. The molecule has 0 bridgehead atoms. The van der Waals surface area contributed by atoms with E-state index in [9.17, 15) is 9.59 Å². The molecule has 0 radical (unpaired) electrons. The molecule has 1 aromatic carbocycles. The fourth-order valence-corrected chi connectivity index (χ4v) is 2.06. The van der Waals surface area contributed by atoms with E-state index in [1.807, 2.05) is 26.0 Å². The first-order valence-electron chi connectivity index (χ1n) is 8.18. The molecule has 2 rings (SSSR count). The van der Waals surface area contributed by atoms with Crippen molar-refractivity contribution in [2.24, 2.45) is 0 Å². The largest absolute Gasteiger partial charge is 0.441 e. The molecule has 7 nitrogen and oxygen atoms in total. The minimum absolute atomic E-state index is 0.0311. The zero-order valence-electron chi connectivity index (χ0n) is 15.0. The topological polar surface area (TPSA) is 87.5 Å². The maximum atomic E-state index is 11.8. The SMILES string of the molecule is CC(C)c1cnc(-c2ccc(NC(=O)NCCC(=O)N(C)C)cc2)o1. The Morgan fingerprint density at radius 3 is 2.44 bits per heavy atom. The molecule has 0 saturated heterocycles. The molecule has 0 unspecified atom stereocenters. The Morgan fingerprint density at radius 1 is 1.20 bits per heavy atom. The van der Waals surface area contributed by atoms with Gasteiger partial charge in [0.25, 0.3) is 0 Å². The summed E-state index contributed by atoms with van der Waals surface area (Å²) in [4.78, 5) is 29.0. The summed E-state index contributed by atoms with van der Waals surface area (Å²) in [6.07, 6.45) is 2.00. The van der Waals surface area contributed by atoms with Crippen LogP contribution in [0.15, 0.2) is 34.9 Å². The number of hydrogen-bond acceptors (Lipinski definition) is 4. The summed E-state index contributed by atoms with van der Waals surface area (Å²) < 4.78 is 5.70. The molecule has 134 valence electrons. The van der Waals surface area contributed by atoms with Crippen LogP contribution in [0.4, 0.5) is 10.5 Å². The lowest BCUT2D eigenvalue weighted by Gasteiger charge is -2.11. The molecule has 0 aliphatic carbocycles. The molecule has 0 aliphatic heterocycles. The minimum atomic E-state index is -0.350. The van der Waals surface area contributed by atoms with Crippen molar-refractivity contribution in [1.29, 1.82) is 0 Å². The van der Waals surface area contributed by atoms with Crippen LogP contribution < -0.4 is 10.6 Å². The van der Waals surface area contributed by atoms with Crippen LogP contribution in [-0.4, -0.2) is 42.5 Å². The van der Waals surface area contributed by atoms with Gasteiger partial charge in [-0.2, -0.15) is 0 Å². The van der Waals surface area contributed by atoms with Crippen LogP contribution in [0.5, 0.6) is 0 Å². The van der Waals surface area contributed by atoms with Gasteiger partial charge in [0.2, 0.25) is 11.8 Å². The van der Waals surface area contributed by atoms with Gasteiger partial charge in [-0.25, -0.2) is 9.78 Å². The number of benzene rings is 1. The van der Waals surface area contributed by atoms with E-state index in [4.69, 9.17) is 4.42 Å². The fourth-order valence-electron chi connectivity index (χ4n) is 2.06. The molecule has 1 aromatic heterocycles. The van der Waals surface area contributed by atoms with Crippen LogP contribution in [0, 0.1) is 0 Å². The van der Waals surface area contributed by atoms with Gasteiger partial charge in [-0.15, -0.1) is 0 Å². The number of hydrogen-bond donors (Lipinski definition) is 2. The predicted molar refractivity (Wildman–Crippen MR) is 96.4 cm³/mol. The van der Waals surface area contributed by atoms with Crippen molar-refractivity contribution in [3.63, 3.8) is 0 Å². The number of urea groups is 1. The lowest BCUT2D eigenvalue weighted by molar-refractivity contribution is -0.128. The fraction of sp³-hybridized carbons (Fsp3) is 0.389. The average molecular weight is 344 g/mol. The van der Waals surface area contributed by atoms with Gasteiger partial charge in [-0.05, 0) is 24.3 Å². The number of nitrogens with one attached hydrogen (secondary N) is 2. The Bertz CT molecular complexity index is 720. The maximum absolute atomic E-state index is 11.8. The third-order valence-electron chi connectivity index (χ3n) is 3.61. The van der Waals surface area contributed by atoms with E-state index >= 15 is 0 Å². The molecule has 2 aromatic rings. The van der Waals surface area contributed by atoms with Gasteiger partial charge < -0.3 is 20.0 Å². The van der Waals surface area contributed by atoms with E-state index in [2.05, 4.69) is 15.6 Å². The van der Waals surface area contributed by atoms with Gasteiger partial charge in [0, 0.05) is 44.2 Å². The second-order valence-corrected chi connectivity index (χ2v) is 6.22.